The van der Waals surface area contributed by atoms with Crippen LogP contribution < -0.4 is 10.2 Å². The zero-order valence-electron chi connectivity index (χ0n) is 16.9. The Balaban J connectivity index is 1.67. The number of hydrogen-bond donors (Lipinski definition) is 1. The van der Waals surface area contributed by atoms with Gasteiger partial charge in [-0.05, 0) is 36.8 Å². The highest BCUT2D eigenvalue weighted by atomic mass is 16.2. The van der Waals surface area contributed by atoms with Gasteiger partial charge in [-0.25, -0.2) is 9.67 Å². The third kappa shape index (κ3) is 2.61. The maximum absolute atomic E-state index is 13.1. The Hall–Kier alpha value is -4.19. The first-order chi connectivity index (χ1) is 15.2. The second-order valence-electron chi connectivity index (χ2n) is 7.66. The molecule has 0 saturated heterocycles. The van der Waals surface area contributed by atoms with Gasteiger partial charge in [0.1, 0.15) is 0 Å². The summed E-state index contributed by atoms with van der Waals surface area (Å²) in [4.78, 5) is 20.0. The number of benzene rings is 3. The third-order valence-electron chi connectivity index (χ3n) is 5.78. The molecule has 2 aliphatic rings. The van der Waals surface area contributed by atoms with E-state index in [2.05, 4.69) is 17.4 Å². The number of carbonyl (C=O) groups is 1. The molecule has 0 radical (unpaired) electrons. The molecule has 0 spiro atoms. The van der Waals surface area contributed by atoms with Crippen molar-refractivity contribution in [2.75, 3.05) is 10.2 Å². The SMILES string of the molecule is Cc1nn(-c2ccccc2)c2c1[C@@H](c1ccccc1)N1C(=N2)C(=O)Nc2ccccc21. The molecule has 3 aromatic carbocycles. The van der Waals surface area contributed by atoms with E-state index in [-0.39, 0.29) is 11.9 Å². The summed E-state index contributed by atoms with van der Waals surface area (Å²) in [5.74, 6) is 0.846. The van der Waals surface area contributed by atoms with E-state index >= 15 is 0 Å². The van der Waals surface area contributed by atoms with Crippen LogP contribution in [0.1, 0.15) is 22.9 Å². The number of amides is 1. The quantitative estimate of drug-likeness (QED) is 0.522. The van der Waals surface area contributed by atoms with E-state index in [0.717, 1.165) is 33.9 Å². The molecule has 0 bridgehead atoms. The zero-order valence-corrected chi connectivity index (χ0v) is 16.9. The Morgan fingerprint density at radius 3 is 2.32 bits per heavy atom. The smallest absolute Gasteiger partial charge is 0.291 e. The first kappa shape index (κ1) is 17.7. The normalized spacial score (nSPS) is 16.7. The van der Waals surface area contributed by atoms with Crippen LogP contribution in [-0.2, 0) is 4.79 Å². The van der Waals surface area contributed by atoms with Crippen molar-refractivity contribution < 1.29 is 4.79 Å². The first-order valence-electron chi connectivity index (χ1n) is 10.2. The van der Waals surface area contributed by atoms with E-state index in [1.165, 1.54) is 0 Å². The number of rotatable bonds is 2. The molecule has 2 aliphatic heterocycles. The van der Waals surface area contributed by atoms with E-state index in [1.807, 2.05) is 89.3 Å². The van der Waals surface area contributed by atoms with Crippen molar-refractivity contribution in [3.8, 4) is 5.69 Å². The average Bonchev–Trinajstić information content (AvgIpc) is 3.15. The number of amidine groups is 1. The molecule has 4 aromatic rings. The van der Waals surface area contributed by atoms with Gasteiger partial charge in [-0.1, -0.05) is 60.7 Å². The Kier molecular flexibility index (Phi) is 3.80. The van der Waals surface area contributed by atoms with E-state index < -0.39 is 0 Å². The predicted octanol–water partition coefficient (Wildman–Crippen LogP) is 4.77. The van der Waals surface area contributed by atoms with Crippen molar-refractivity contribution in [1.82, 2.24) is 9.78 Å². The number of fused-ring (bicyclic) bond motifs is 4. The fourth-order valence-electron chi connectivity index (χ4n) is 4.44. The maximum atomic E-state index is 13.1. The molecule has 0 saturated carbocycles. The average molecular weight is 405 g/mol. The molecule has 1 N–H and O–H groups in total. The Morgan fingerprint density at radius 2 is 1.55 bits per heavy atom. The Labute approximate surface area is 179 Å². The summed E-state index contributed by atoms with van der Waals surface area (Å²) in [7, 11) is 0. The molecule has 6 rings (SSSR count). The van der Waals surface area contributed by atoms with E-state index in [4.69, 9.17) is 10.1 Å². The molecule has 150 valence electrons. The van der Waals surface area contributed by atoms with Crippen LogP contribution in [0.25, 0.3) is 5.69 Å². The van der Waals surface area contributed by atoms with Crippen LogP contribution >= 0.6 is 0 Å². The minimum Gasteiger partial charge on any atom is -0.317 e. The van der Waals surface area contributed by atoms with Gasteiger partial charge in [0.05, 0.1) is 28.8 Å². The van der Waals surface area contributed by atoms with Crippen LogP contribution in [0.5, 0.6) is 0 Å². The van der Waals surface area contributed by atoms with Crippen molar-refractivity contribution in [2.45, 2.75) is 13.0 Å². The van der Waals surface area contributed by atoms with Crippen molar-refractivity contribution in [1.29, 1.82) is 0 Å². The summed E-state index contributed by atoms with van der Waals surface area (Å²) in [6, 6.07) is 27.7. The van der Waals surface area contributed by atoms with Gasteiger partial charge in [-0.15, -0.1) is 0 Å². The Bertz CT molecular complexity index is 1340. The van der Waals surface area contributed by atoms with Crippen LogP contribution in [-0.4, -0.2) is 21.5 Å². The van der Waals surface area contributed by atoms with Crippen molar-refractivity contribution in [3.05, 3.63) is 102 Å². The predicted molar refractivity (Wildman–Crippen MR) is 121 cm³/mol. The van der Waals surface area contributed by atoms with Crippen LogP contribution in [0.3, 0.4) is 0 Å². The number of aromatic nitrogens is 2. The van der Waals surface area contributed by atoms with E-state index in [1.54, 1.807) is 0 Å². The number of nitrogens with one attached hydrogen (secondary N) is 1. The summed E-state index contributed by atoms with van der Waals surface area (Å²) < 4.78 is 1.83. The molecule has 6 nitrogen and oxygen atoms in total. The summed E-state index contributed by atoms with van der Waals surface area (Å²) in [5, 5.41) is 7.82. The van der Waals surface area contributed by atoms with Crippen molar-refractivity contribution in [2.24, 2.45) is 4.99 Å². The molecule has 6 heteroatoms. The number of nitrogens with zero attached hydrogens (tertiary/aromatic N) is 4. The monoisotopic (exact) mass is 405 g/mol. The molecule has 0 fully saturated rings. The van der Waals surface area contributed by atoms with Crippen LogP contribution in [0, 0.1) is 6.92 Å². The second-order valence-corrected chi connectivity index (χ2v) is 7.66. The summed E-state index contributed by atoms with van der Waals surface area (Å²) >= 11 is 0. The molecule has 3 heterocycles. The lowest BCUT2D eigenvalue weighted by Crippen LogP contribution is -2.48. The lowest BCUT2D eigenvalue weighted by atomic mass is 9.93. The lowest BCUT2D eigenvalue weighted by Gasteiger charge is -2.40. The highest BCUT2D eigenvalue weighted by molar-refractivity contribution is 6.50. The third-order valence-corrected chi connectivity index (χ3v) is 5.78. The number of anilines is 2. The van der Waals surface area contributed by atoms with Crippen molar-refractivity contribution in [3.63, 3.8) is 0 Å². The summed E-state index contributed by atoms with van der Waals surface area (Å²) in [5.41, 5.74) is 5.59. The van der Waals surface area contributed by atoms with Crippen LogP contribution in [0.2, 0.25) is 0 Å². The van der Waals surface area contributed by atoms with Crippen LogP contribution in [0.15, 0.2) is 89.9 Å². The van der Waals surface area contributed by atoms with Gasteiger partial charge >= 0.3 is 0 Å². The second kappa shape index (κ2) is 6.67. The number of carbonyl (C=O) groups excluding carboxylic acids is 1. The van der Waals surface area contributed by atoms with Gasteiger partial charge in [-0.3, -0.25) is 4.79 Å². The van der Waals surface area contributed by atoms with Gasteiger partial charge in [-0.2, -0.15) is 5.10 Å². The van der Waals surface area contributed by atoms with Gasteiger partial charge in [0.15, 0.2) is 5.82 Å². The number of aryl methyl sites for hydroxylation is 1. The van der Waals surface area contributed by atoms with Gasteiger partial charge in [0.2, 0.25) is 5.84 Å². The molecule has 31 heavy (non-hydrogen) atoms. The summed E-state index contributed by atoms with van der Waals surface area (Å²) in [6.07, 6.45) is 0. The molecule has 1 aromatic heterocycles. The summed E-state index contributed by atoms with van der Waals surface area (Å²) in [6.45, 7) is 2.00. The minimum atomic E-state index is -0.219. The largest absolute Gasteiger partial charge is 0.317 e. The fourth-order valence-corrected chi connectivity index (χ4v) is 4.44. The molecule has 0 aliphatic carbocycles. The van der Waals surface area contributed by atoms with Gasteiger partial charge in [0.25, 0.3) is 5.91 Å². The molecule has 1 atom stereocenters. The standard InChI is InChI=1S/C25H19N5O/c1-16-21-22(17-10-4-2-5-11-17)29-20-15-9-8-14-19(20)26-25(31)24(29)27-23(21)30(28-16)18-12-6-3-7-13-18/h2-15,22H,1H3,(H,26,31)/t22-/m1/s1. The van der Waals surface area contributed by atoms with Gasteiger partial charge in [0, 0.05) is 5.56 Å². The van der Waals surface area contributed by atoms with Gasteiger partial charge < -0.3 is 10.2 Å². The number of aliphatic imine (C=N–C) groups is 1. The molecular formula is C25H19N5O. The number of hydrogen-bond acceptors (Lipinski definition) is 4. The van der Waals surface area contributed by atoms with E-state index in [0.29, 0.717) is 11.7 Å². The molecule has 1 amide bonds. The van der Waals surface area contributed by atoms with Crippen LogP contribution in [0.4, 0.5) is 17.2 Å². The number of para-hydroxylation sites is 3. The highest BCUT2D eigenvalue weighted by Gasteiger charge is 2.42. The molecule has 0 unspecified atom stereocenters. The van der Waals surface area contributed by atoms with Crippen molar-refractivity contribution >= 4 is 28.9 Å². The molecular weight excluding hydrogens is 386 g/mol. The Morgan fingerprint density at radius 1 is 0.871 bits per heavy atom. The first-order valence-corrected chi connectivity index (χ1v) is 10.2. The maximum Gasteiger partial charge on any atom is 0.291 e. The lowest BCUT2D eigenvalue weighted by molar-refractivity contribution is -0.110. The topological polar surface area (TPSA) is 62.5 Å². The fraction of sp³-hybridized carbons (Fsp3) is 0.0800. The minimum absolute atomic E-state index is 0.214. The van der Waals surface area contributed by atoms with E-state index in [9.17, 15) is 4.79 Å². The zero-order chi connectivity index (χ0) is 20.9. The highest BCUT2D eigenvalue weighted by Crippen LogP contribution is 2.47.